The summed E-state index contributed by atoms with van der Waals surface area (Å²) in [6.07, 6.45) is 2.46. The summed E-state index contributed by atoms with van der Waals surface area (Å²) >= 11 is 0. The fraction of sp³-hybridized carbons (Fsp3) is 0.568. The van der Waals surface area contributed by atoms with E-state index in [2.05, 4.69) is 11.9 Å². The molecule has 2 aliphatic carbocycles. The Bertz CT molecular complexity index is 2010. The van der Waals surface area contributed by atoms with Gasteiger partial charge in [0.15, 0.2) is 12.3 Å². The molecule has 1 saturated carbocycles. The Hall–Kier alpha value is -4.84. The van der Waals surface area contributed by atoms with Crippen LogP contribution in [0.25, 0.3) is 0 Å². The zero-order valence-electron chi connectivity index (χ0n) is 31.0. The van der Waals surface area contributed by atoms with Crippen LogP contribution in [-0.4, -0.2) is 100 Å². The number of sulfonamides is 1. The van der Waals surface area contributed by atoms with Crippen molar-refractivity contribution in [3.8, 4) is 0 Å². The fourth-order valence-corrected chi connectivity index (χ4v) is 8.94. The summed E-state index contributed by atoms with van der Waals surface area (Å²) < 4.78 is 50.0. The normalized spacial score (nSPS) is 26.8. The van der Waals surface area contributed by atoms with Crippen molar-refractivity contribution in [3.63, 3.8) is 0 Å². The largest absolute Gasteiger partial charge is 0.465 e. The summed E-state index contributed by atoms with van der Waals surface area (Å²) in [5.41, 5.74) is -0.0156. The third kappa shape index (κ3) is 8.69. The molecule has 2 fully saturated rings. The third-order valence-corrected chi connectivity index (χ3v) is 12.4. The molecule has 1 saturated heterocycles. The number of rotatable bonds is 7. The van der Waals surface area contributed by atoms with Gasteiger partial charge in [-0.2, -0.15) is 0 Å². The van der Waals surface area contributed by atoms with Gasteiger partial charge in [-0.1, -0.05) is 18.7 Å². The third-order valence-electron chi connectivity index (χ3n) is 10.6. The zero-order valence-corrected chi connectivity index (χ0v) is 31.8. The number of hydrogen-bond donors (Lipinski definition) is 3. The maximum atomic E-state index is 16.9. The quantitative estimate of drug-likeness (QED) is 0.260. The number of aliphatic imine (C=N–C) groups is 1. The number of halogens is 1. The van der Waals surface area contributed by atoms with Crippen LogP contribution < -0.4 is 10.0 Å². The number of ketones is 1. The molecule has 55 heavy (non-hydrogen) atoms. The second-order valence-electron chi connectivity index (χ2n) is 15.6. The molecule has 0 bridgehead atoms. The number of carbonyl (C=O) groups excluding carboxylic acids is 4. The van der Waals surface area contributed by atoms with E-state index in [9.17, 15) is 42.4 Å². The standard InChI is InChI=1S/C37H45FN6O10S/c1-5-28(45)21-9-8-20-17-26(20)39-19-22-7-6-15-42(22)27(14-16-43(51)29(18-21)40-35(48)54-37(2,3)4)24-12-13-25-30(31(24)38)34(47)44(36(49)50)32(25)33(46)41-55(52,53)23-10-11-23/h5,12-13,19,21-23,27,29,32H,1,6-11,14-18H2,2-4H3,(H2-,40,41,46,48,49,50)/p+1/b39-19-/t21?,22-,27+,29-,32+/m0/s1. The van der Waals surface area contributed by atoms with Gasteiger partial charge in [-0.25, -0.2) is 27.3 Å². The van der Waals surface area contributed by atoms with Crippen molar-refractivity contribution < 1.29 is 51.4 Å². The molecular formula is C37H46FN6O10S+. The second kappa shape index (κ2) is 15.4. The Morgan fingerprint density at radius 2 is 1.82 bits per heavy atom. The van der Waals surface area contributed by atoms with Crippen molar-refractivity contribution in [2.24, 2.45) is 10.9 Å². The van der Waals surface area contributed by atoms with E-state index in [0.29, 0.717) is 56.3 Å². The lowest BCUT2D eigenvalue weighted by Crippen LogP contribution is -2.47. The number of ether oxygens (including phenoxy) is 1. The number of fused-ring (bicyclic) bond motifs is 2. The van der Waals surface area contributed by atoms with E-state index < -0.39 is 80.4 Å². The van der Waals surface area contributed by atoms with E-state index in [1.165, 1.54) is 18.2 Å². The molecule has 0 aromatic heterocycles. The summed E-state index contributed by atoms with van der Waals surface area (Å²) in [4.78, 5) is 86.0. The lowest BCUT2D eigenvalue weighted by atomic mass is 9.92. The maximum Gasteiger partial charge on any atom is 0.415 e. The summed E-state index contributed by atoms with van der Waals surface area (Å²) in [5.74, 6) is -4.70. The molecule has 1 aromatic carbocycles. The van der Waals surface area contributed by atoms with E-state index >= 15 is 4.39 Å². The molecule has 0 spiro atoms. The van der Waals surface area contributed by atoms with E-state index in [1.807, 2.05) is 9.62 Å². The molecule has 296 valence electrons. The Morgan fingerprint density at radius 3 is 2.47 bits per heavy atom. The van der Waals surface area contributed by atoms with Crippen LogP contribution in [0.3, 0.4) is 0 Å². The number of nitrogens with zero attached hydrogens (tertiary/aromatic N) is 4. The number of imide groups is 1. The van der Waals surface area contributed by atoms with Crippen LogP contribution in [0.2, 0.25) is 0 Å². The highest BCUT2D eigenvalue weighted by atomic mass is 32.2. The highest BCUT2D eigenvalue weighted by Gasteiger charge is 2.50. The SMILES string of the molecule is C=CC(=O)C1CCC2=C(C2)/N=C\[C@@H]2CCCN2[C@@H](c2ccc3c(c2F)C(=O)N(C(=O)O)[C@H]3C(=O)NS(=O)(=O)C2CC2)CC[N+](=O)[C@H](NC(=O)OC(C)(C)C)C1. The molecule has 5 atom stereocenters. The van der Waals surface area contributed by atoms with Gasteiger partial charge in [-0.3, -0.25) is 34.3 Å². The van der Waals surface area contributed by atoms with Crippen LogP contribution in [-0.2, 0) is 24.3 Å². The smallest absolute Gasteiger partial charge is 0.415 e. The lowest BCUT2D eigenvalue weighted by Gasteiger charge is -2.32. The number of carbonyl (C=O) groups is 5. The van der Waals surface area contributed by atoms with Crippen LogP contribution in [0.5, 0.6) is 0 Å². The van der Waals surface area contributed by atoms with Crippen LogP contribution in [0.4, 0.5) is 14.0 Å². The molecule has 1 aromatic rings. The first-order valence-electron chi connectivity index (χ1n) is 18.4. The van der Waals surface area contributed by atoms with Gasteiger partial charge in [0.1, 0.15) is 17.5 Å². The van der Waals surface area contributed by atoms with Crippen molar-refractivity contribution in [2.75, 3.05) is 13.1 Å². The summed E-state index contributed by atoms with van der Waals surface area (Å²) in [7, 11) is -4.14. The molecule has 3 heterocycles. The van der Waals surface area contributed by atoms with Crippen molar-refractivity contribution in [1.82, 2.24) is 19.8 Å². The van der Waals surface area contributed by atoms with Crippen molar-refractivity contribution >= 4 is 46.0 Å². The predicted molar refractivity (Wildman–Crippen MR) is 195 cm³/mol. The molecule has 5 aliphatic rings. The molecule has 16 nitrogen and oxygen atoms in total. The van der Waals surface area contributed by atoms with Crippen LogP contribution in [0.15, 0.2) is 41.1 Å². The van der Waals surface area contributed by atoms with E-state index in [1.54, 1.807) is 27.0 Å². The van der Waals surface area contributed by atoms with Gasteiger partial charge in [0.05, 0.1) is 10.8 Å². The number of alkyl carbamates (subject to hydrolysis) is 1. The molecule has 1 unspecified atom stereocenters. The molecule has 0 radical (unpaired) electrons. The highest BCUT2D eigenvalue weighted by molar-refractivity contribution is 7.90. The first-order valence-corrected chi connectivity index (χ1v) is 20.0. The van der Waals surface area contributed by atoms with E-state index in [-0.39, 0.29) is 47.2 Å². The number of nitroso groups, excluding NO2 is 1. The first kappa shape index (κ1) is 39.8. The van der Waals surface area contributed by atoms with E-state index in [4.69, 9.17) is 9.73 Å². The first-order chi connectivity index (χ1) is 25.9. The Morgan fingerprint density at radius 1 is 1.11 bits per heavy atom. The summed E-state index contributed by atoms with van der Waals surface area (Å²) in [5, 5.41) is 11.7. The molecule has 6 rings (SSSR count). The van der Waals surface area contributed by atoms with Crippen molar-refractivity contribution in [1.29, 1.82) is 0 Å². The fourth-order valence-electron chi connectivity index (χ4n) is 7.62. The molecule has 3 N–H and O–H groups in total. The van der Waals surface area contributed by atoms with Crippen molar-refractivity contribution in [2.45, 2.75) is 114 Å². The number of amides is 4. The van der Waals surface area contributed by atoms with Gasteiger partial charge in [-0.15, -0.1) is 0 Å². The van der Waals surface area contributed by atoms with Gasteiger partial charge in [0.2, 0.25) is 10.0 Å². The van der Waals surface area contributed by atoms with E-state index in [0.717, 1.165) is 11.3 Å². The second-order valence-corrected chi connectivity index (χ2v) is 17.6. The lowest BCUT2D eigenvalue weighted by molar-refractivity contribution is -0.593. The number of hydrogen-bond acceptors (Lipinski definition) is 11. The maximum absolute atomic E-state index is 16.9. The monoisotopic (exact) mass is 785 g/mol. The average Bonchev–Trinajstić information content (AvgIpc) is 4.02. The molecular weight excluding hydrogens is 740 g/mol. The van der Waals surface area contributed by atoms with Crippen LogP contribution >= 0.6 is 0 Å². The zero-order chi connectivity index (χ0) is 40.0. The minimum absolute atomic E-state index is 0.0511. The topological polar surface area (TPSA) is 212 Å². The summed E-state index contributed by atoms with van der Waals surface area (Å²) in [6, 6.07) is -0.590. The van der Waals surface area contributed by atoms with Gasteiger partial charge < -0.3 is 9.84 Å². The number of carboxylic acid groups (broad SMARTS) is 1. The molecule has 3 aliphatic heterocycles. The van der Waals surface area contributed by atoms with Crippen LogP contribution in [0.1, 0.15) is 112 Å². The highest BCUT2D eigenvalue weighted by Crippen LogP contribution is 2.42. The molecule has 4 amide bonds. The Balaban J connectivity index is 1.37. The predicted octanol–water partition coefficient (Wildman–Crippen LogP) is 4.42. The minimum atomic E-state index is -4.14. The number of allylic oxidation sites excluding steroid dienone is 3. The van der Waals surface area contributed by atoms with Crippen molar-refractivity contribution in [3.05, 3.63) is 63.5 Å². The van der Waals surface area contributed by atoms with Gasteiger partial charge in [0.25, 0.3) is 18.0 Å². The van der Waals surface area contributed by atoms with Gasteiger partial charge >= 0.3 is 12.2 Å². The minimum Gasteiger partial charge on any atom is -0.465 e. The number of nitrogens with one attached hydrogen (secondary N) is 2. The average molecular weight is 786 g/mol. The summed E-state index contributed by atoms with van der Waals surface area (Å²) in [6.45, 7) is 8.78. The number of benzene rings is 1. The Kier molecular flexibility index (Phi) is 11.1. The van der Waals surface area contributed by atoms with Gasteiger partial charge in [0, 0.05) is 70.0 Å². The van der Waals surface area contributed by atoms with Crippen LogP contribution in [0, 0.1) is 16.6 Å². The molecule has 18 heteroatoms. The van der Waals surface area contributed by atoms with Gasteiger partial charge in [-0.05, 0) is 77.5 Å². The Labute approximate surface area is 317 Å².